The SMILES string of the molecule is Cn1nc(C(=O)NC2CCS(=O)(=O)C2)c2c1CCS(=O)(=O)C2. The molecule has 0 saturated carbocycles. The van der Waals surface area contributed by atoms with Crippen molar-refractivity contribution in [3.8, 4) is 0 Å². The van der Waals surface area contributed by atoms with E-state index in [1.807, 2.05) is 0 Å². The van der Waals surface area contributed by atoms with Gasteiger partial charge in [0.2, 0.25) is 0 Å². The summed E-state index contributed by atoms with van der Waals surface area (Å²) in [5, 5.41) is 6.78. The molecule has 0 spiro atoms. The van der Waals surface area contributed by atoms with Crippen LogP contribution in [0.15, 0.2) is 0 Å². The highest BCUT2D eigenvalue weighted by Crippen LogP contribution is 2.24. The number of hydrogen-bond donors (Lipinski definition) is 1. The van der Waals surface area contributed by atoms with E-state index in [1.54, 1.807) is 7.05 Å². The van der Waals surface area contributed by atoms with E-state index in [9.17, 15) is 21.6 Å². The molecule has 1 saturated heterocycles. The Morgan fingerprint density at radius 1 is 1.23 bits per heavy atom. The number of hydrogen-bond acceptors (Lipinski definition) is 6. The molecule has 1 N–H and O–H groups in total. The zero-order chi connectivity index (χ0) is 16.1. The lowest BCUT2D eigenvalue weighted by atomic mass is 10.1. The van der Waals surface area contributed by atoms with Crippen molar-refractivity contribution in [2.24, 2.45) is 7.05 Å². The Morgan fingerprint density at radius 3 is 2.59 bits per heavy atom. The van der Waals surface area contributed by atoms with Crippen molar-refractivity contribution in [1.29, 1.82) is 0 Å². The van der Waals surface area contributed by atoms with Crippen molar-refractivity contribution in [3.05, 3.63) is 17.0 Å². The summed E-state index contributed by atoms with van der Waals surface area (Å²) in [4.78, 5) is 12.3. The molecule has 0 aliphatic carbocycles. The number of aryl methyl sites for hydroxylation is 1. The number of nitrogens with zero attached hydrogens (tertiary/aromatic N) is 2. The van der Waals surface area contributed by atoms with Gasteiger partial charge in [0, 0.05) is 30.8 Å². The molecule has 2 aliphatic heterocycles. The van der Waals surface area contributed by atoms with E-state index >= 15 is 0 Å². The third kappa shape index (κ3) is 2.89. The molecule has 1 amide bonds. The lowest BCUT2D eigenvalue weighted by Gasteiger charge is -2.14. The molecular weight excluding hydrogens is 330 g/mol. The summed E-state index contributed by atoms with van der Waals surface area (Å²) in [5.74, 6) is -0.654. The second kappa shape index (κ2) is 5.05. The number of nitrogens with one attached hydrogen (secondary N) is 1. The number of amides is 1. The zero-order valence-electron chi connectivity index (χ0n) is 12.1. The first-order valence-corrected chi connectivity index (χ1v) is 10.6. The normalized spacial score (nSPS) is 25.6. The summed E-state index contributed by atoms with van der Waals surface area (Å²) < 4.78 is 48.0. The van der Waals surface area contributed by atoms with Gasteiger partial charge in [0.1, 0.15) is 0 Å². The monoisotopic (exact) mass is 347 g/mol. The molecule has 0 aromatic carbocycles. The predicted octanol–water partition coefficient (Wildman–Crippen LogP) is -1.19. The number of aromatic nitrogens is 2. The van der Waals surface area contributed by atoms with Crippen LogP contribution in [-0.2, 0) is 38.9 Å². The van der Waals surface area contributed by atoms with Gasteiger partial charge in [-0.25, -0.2) is 16.8 Å². The topological polar surface area (TPSA) is 115 Å². The van der Waals surface area contributed by atoms with Crippen LogP contribution in [-0.4, -0.2) is 55.8 Å². The quantitative estimate of drug-likeness (QED) is 0.719. The molecule has 1 unspecified atom stereocenters. The van der Waals surface area contributed by atoms with Crippen LogP contribution in [0.25, 0.3) is 0 Å². The number of rotatable bonds is 2. The summed E-state index contributed by atoms with van der Waals surface area (Å²) in [6.45, 7) is 0. The second-order valence-corrected chi connectivity index (χ2v) is 10.2. The van der Waals surface area contributed by atoms with Crippen LogP contribution in [0.4, 0.5) is 0 Å². The van der Waals surface area contributed by atoms with Crippen LogP contribution in [0.1, 0.15) is 28.2 Å². The van der Waals surface area contributed by atoms with Gasteiger partial charge in [0.15, 0.2) is 25.4 Å². The summed E-state index contributed by atoms with van der Waals surface area (Å²) >= 11 is 0. The number of carbonyl (C=O) groups excluding carboxylic acids is 1. The fourth-order valence-corrected chi connectivity index (χ4v) is 6.02. The molecule has 1 fully saturated rings. The fourth-order valence-electron chi connectivity index (χ4n) is 2.96. The van der Waals surface area contributed by atoms with E-state index in [4.69, 9.17) is 0 Å². The van der Waals surface area contributed by atoms with Crippen molar-refractivity contribution < 1.29 is 21.6 Å². The minimum Gasteiger partial charge on any atom is -0.347 e. The van der Waals surface area contributed by atoms with Crippen LogP contribution >= 0.6 is 0 Å². The summed E-state index contributed by atoms with van der Waals surface area (Å²) in [6, 6.07) is -0.435. The molecule has 1 atom stereocenters. The maximum atomic E-state index is 12.3. The third-order valence-electron chi connectivity index (χ3n) is 4.07. The first-order valence-electron chi connectivity index (χ1n) is 6.93. The molecule has 1 aromatic rings. The molecule has 22 heavy (non-hydrogen) atoms. The van der Waals surface area contributed by atoms with Gasteiger partial charge in [-0.2, -0.15) is 5.10 Å². The smallest absolute Gasteiger partial charge is 0.272 e. The summed E-state index contributed by atoms with van der Waals surface area (Å²) in [6.07, 6.45) is 0.716. The van der Waals surface area contributed by atoms with Gasteiger partial charge in [-0.3, -0.25) is 9.48 Å². The molecule has 8 nitrogen and oxygen atoms in total. The van der Waals surface area contributed by atoms with Crippen LogP contribution in [0, 0.1) is 0 Å². The largest absolute Gasteiger partial charge is 0.347 e. The summed E-state index contributed by atoms with van der Waals surface area (Å²) in [5.41, 5.74) is 1.27. The summed E-state index contributed by atoms with van der Waals surface area (Å²) in [7, 11) is -4.63. The first-order chi connectivity index (χ1) is 10.2. The molecular formula is C12H17N3O5S2. The van der Waals surface area contributed by atoms with E-state index in [2.05, 4.69) is 10.4 Å². The van der Waals surface area contributed by atoms with Gasteiger partial charge in [0.05, 0.1) is 23.0 Å². The van der Waals surface area contributed by atoms with E-state index in [-0.39, 0.29) is 28.7 Å². The number of carbonyl (C=O) groups is 1. The number of sulfone groups is 2. The van der Waals surface area contributed by atoms with E-state index in [1.165, 1.54) is 4.68 Å². The maximum Gasteiger partial charge on any atom is 0.272 e. The van der Waals surface area contributed by atoms with E-state index in [0.29, 0.717) is 18.4 Å². The van der Waals surface area contributed by atoms with E-state index in [0.717, 1.165) is 5.69 Å². The van der Waals surface area contributed by atoms with Gasteiger partial charge in [-0.15, -0.1) is 0 Å². The molecule has 1 aromatic heterocycles. The molecule has 3 rings (SSSR count). The second-order valence-electron chi connectivity index (χ2n) is 5.81. The molecule has 2 aliphatic rings. The van der Waals surface area contributed by atoms with Gasteiger partial charge in [0.25, 0.3) is 5.91 Å². The maximum absolute atomic E-state index is 12.3. The van der Waals surface area contributed by atoms with Crippen LogP contribution in [0.3, 0.4) is 0 Å². The van der Waals surface area contributed by atoms with Gasteiger partial charge < -0.3 is 5.32 Å². The first kappa shape index (κ1) is 15.5. The fraction of sp³-hybridized carbons (Fsp3) is 0.667. The van der Waals surface area contributed by atoms with Crippen LogP contribution in [0.5, 0.6) is 0 Å². The minimum atomic E-state index is -3.21. The highest BCUT2D eigenvalue weighted by atomic mass is 32.2. The highest BCUT2D eigenvalue weighted by molar-refractivity contribution is 7.91. The van der Waals surface area contributed by atoms with Crippen LogP contribution < -0.4 is 5.32 Å². The Bertz CT molecular complexity index is 838. The Hall–Kier alpha value is -1.42. The standard InChI is InChI=1S/C12H17N3O5S2/c1-15-10-3-5-22(19,20)7-9(10)11(14-15)12(16)13-8-2-4-21(17,18)6-8/h8H,2-7H2,1H3,(H,13,16). The molecule has 3 heterocycles. The predicted molar refractivity (Wildman–Crippen MR) is 78.9 cm³/mol. The lowest BCUT2D eigenvalue weighted by Crippen LogP contribution is -2.36. The molecule has 122 valence electrons. The van der Waals surface area contributed by atoms with Crippen LogP contribution in [0.2, 0.25) is 0 Å². The Labute approximate surface area is 128 Å². The van der Waals surface area contributed by atoms with Crippen molar-refractivity contribution in [1.82, 2.24) is 15.1 Å². The molecule has 0 bridgehead atoms. The molecule has 10 heteroatoms. The minimum absolute atomic E-state index is 0.0570. The molecule has 0 radical (unpaired) electrons. The number of fused-ring (bicyclic) bond motifs is 1. The van der Waals surface area contributed by atoms with Gasteiger partial charge >= 0.3 is 0 Å². The van der Waals surface area contributed by atoms with Gasteiger partial charge in [-0.1, -0.05) is 0 Å². The highest BCUT2D eigenvalue weighted by Gasteiger charge is 2.33. The van der Waals surface area contributed by atoms with Crippen molar-refractivity contribution in [2.75, 3.05) is 17.3 Å². The van der Waals surface area contributed by atoms with E-state index < -0.39 is 31.6 Å². The third-order valence-corrected chi connectivity index (χ3v) is 7.39. The van der Waals surface area contributed by atoms with Crippen molar-refractivity contribution >= 4 is 25.6 Å². The zero-order valence-corrected chi connectivity index (χ0v) is 13.7. The Kier molecular flexibility index (Phi) is 3.55. The van der Waals surface area contributed by atoms with Crippen molar-refractivity contribution in [2.45, 2.75) is 24.6 Å². The van der Waals surface area contributed by atoms with Crippen molar-refractivity contribution in [3.63, 3.8) is 0 Å². The van der Waals surface area contributed by atoms with Gasteiger partial charge in [-0.05, 0) is 6.42 Å². The average molecular weight is 347 g/mol. The Morgan fingerprint density at radius 2 is 1.95 bits per heavy atom. The average Bonchev–Trinajstić information content (AvgIpc) is 2.88. The Balaban J connectivity index is 1.85. The lowest BCUT2D eigenvalue weighted by molar-refractivity contribution is 0.0934.